The van der Waals surface area contributed by atoms with Crippen molar-refractivity contribution >= 4 is 0 Å². The quantitative estimate of drug-likeness (QED) is 0.495. The Kier molecular flexibility index (Phi) is 3.29. The fourth-order valence-electron chi connectivity index (χ4n) is 1.53. The molecule has 0 aliphatic carbocycles. The minimum atomic E-state index is -0.345. The molecule has 1 aliphatic heterocycles. The van der Waals surface area contributed by atoms with Crippen molar-refractivity contribution in [3.05, 3.63) is 12.7 Å². The van der Waals surface area contributed by atoms with Gasteiger partial charge in [-0.15, -0.1) is 6.58 Å². The summed E-state index contributed by atoms with van der Waals surface area (Å²) in [7, 11) is 0. The van der Waals surface area contributed by atoms with Gasteiger partial charge in [-0.3, -0.25) is 4.90 Å². The third kappa shape index (κ3) is 2.95. The predicted molar refractivity (Wildman–Crippen MR) is 51.0 cm³/mol. The number of β-amino-alcohol motifs (C(OH)–C–C–N with tert-alkyl or cyclic N) is 1. The summed E-state index contributed by atoms with van der Waals surface area (Å²) in [6, 6.07) is 0.722. The van der Waals surface area contributed by atoms with E-state index in [1.54, 1.807) is 6.08 Å². The van der Waals surface area contributed by atoms with Crippen LogP contribution in [0.25, 0.3) is 0 Å². The Bertz CT molecular complexity index is 156. The van der Waals surface area contributed by atoms with Crippen molar-refractivity contribution < 1.29 is 5.11 Å². The second-order valence-corrected chi connectivity index (χ2v) is 4.04. The molecule has 0 radical (unpaired) electrons. The standard InChI is InChI=1S/C10H19NO/c1-4-10(12)7-11-6-9(11)5-8(2)3/h4,8-10,12H,1,5-7H2,2-3H3. The van der Waals surface area contributed by atoms with Crippen molar-refractivity contribution in [2.45, 2.75) is 32.4 Å². The lowest BCUT2D eigenvalue weighted by Gasteiger charge is -2.07. The molecule has 3 unspecified atom stereocenters. The van der Waals surface area contributed by atoms with Crippen molar-refractivity contribution in [1.82, 2.24) is 4.90 Å². The largest absolute Gasteiger partial charge is 0.388 e. The molecule has 3 atom stereocenters. The van der Waals surface area contributed by atoms with Crippen LogP contribution in [-0.4, -0.2) is 35.2 Å². The number of aliphatic hydroxyl groups excluding tert-OH is 1. The molecule has 1 heterocycles. The normalized spacial score (nSPS) is 30.3. The Morgan fingerprint density at radius 1 is 1.67 bits per heavy atom. The van der Waals surface area contributed by atoms with Crippen LogP contribution in [0.1, 0.15) is 20.3 Å². The van der Waals surface area contributed by atoms with Crippen molar-refractivity contribution in [3.63, 3.8) is 0 Å². The average Bonchev–Trinajstić information content (AvgIpc) is 2.66. The van der Waals surface area contributed by atoms with E-state index in [-0.39, 0.29) is 6.10 Å². The van der Waals surface area contributed by atoms with Gasteiger partial charge in [-0.05, 0) is 12.3 Å². The van der Waals surface area contributed by atoms with Gasteiger partial charge in [0.1, 0.15) is 0 Å². The van der Waals surface area contributed by atoms with E-state index in [4.69, 9.17) is 0 Å². The second kappa shape index (κ2) is 4.06. The monoisotopic (exact) mass is 169 g/mol. The van der Waals surface area contributed by atoms with E-state index < -0.39 is 0 Å². The summed E-state index contributed by atoms with van der Waals surface area (Å²) in [6.45, 7) is 9.94. The van der Waals surface area contributed by atoms with Crippen LogP contribution in [0.3, 0.4) is 0 Å². The molecule has 70 valence electrons. The van der Waals surface area contributed by atoms with Gasteiger partial charge in [0.2, 0.25) is 0 Å². The lowest BCUT2D eigenvalue weighted by molar-refractivity contribution is 0.194. The van der Waals surface area contributed by atoms with Gasteiger partial charge >= 0.3 is 0 Å². The highest BCUT2D eigenvalue weighted by Crippen LogP contribution is 2.24. The Morgan fingerprint density at radius 2 is 2.33 bits per heavy atom. The first kappa shape index (κ1) is 9.75. The lowest BCUT2D eigenvalue weighted by atomic mass is 10.1. The topological polar surface area (TPSA) is 23.2 Å². The molecular weight excluding hydrogens is 150 g/mol. The first-order valence-electron chi connectivity index (χ1n) is 4.68. The van der Waals surface area contributed by atoms with E-state index in [9.17, 15) is 5.11 Å². The number of hydrogen-bond donors (Lipinski definition) is 1. The first-order valence-corrected chi connectivity index (χ1v) is 4.68. The highest BCUT2D eigenvalue weighted by Gasteiger charge is 2.34. The summed E-state index contributed by atoms with van der Waals surface area (Å²) in [6.07, 6.45) is 2.51. The predicted octanol–water partition coefficient (Wildman–Crippen LogP) is 1.26. The van der Waals surface area contributed by atoms with Crippen LogP contribution in [0.15, 0.2) is 12.7 Å². The van der Waals surface area contributed by atoms with Gasteiger partial charge in [0.15, 0.2) is 0 Å². The Morgan fingerprint density at radius 3 is 2.83 bits per heavy atom. The van der Waals surface area contributed by atoms with Crippen LogP contribution in [-0.2, 0) is 0 Å². The zero-order valence-corrected chi connectivity index (χ0v) is 8.03. The van der Waals surface area contributed by atoms with Crippen molar-refractivity contribution in [3.8, 4) is 0 Å². The van der Waals surface area contributed by atoms with E-state index in [1.807, 2.05) is 0 Å². The van der Waals surface area contributed by atoms with Gasteiger partial charge in [-0.25, -0.2) is 0 Å². The Hall–Kier alpha value is -0.340. The maximum atomic E-state index is 9.26. The molecule has 0 aromatic carbocycles. The minimum Gasteiger partial charge on any atom is -0.388 e. The zero-order valence-electron chi connectivity index (χ0n) is 8.03. The van der Waals surface area contributed by atoms with Gasteiger partial charge in [0.05, 0.1) is 6.10 Å². The van der Waals surface area contributed by atoms with Crippen LogP contribution in [0.2, 0.25) is 0 Å². The summed E-state index contributed by atoms with van der Waals surface area (Å²) in [5.74, 6) is 0.765. The molecule has 12 heavy (non-hydrogen) atoms. The van der Waals surface area contributed by atoms with Gasteiger partial charge in [-0.2, -0.15) is 0 Å². The van der Waals surface area contributed by atoms with Gasteiger partial charge in [0, 0.05) is 19.1 Å². The van der Waals surface area contributed by atoms with E-state index in [0.717, 1.165) is 25.0 Å². The molecule has 0 aromatic heterocycles. The Labute approximate surface area is 74.9 Å². The number of rotatable bonds is 5. The maximum Gasteiger partial charge on any atom is 0.0845 e. The summed E-state index contributed by atoms with van der Waals surface area (Å²) < 4.78 is 0. The molecule has 0 aromatic rings. The van der Waals surface area contributed by atoms with Crippen LogP contribution < -0.4 is 0 Å². The first-order chi connectivity index (χ1) is 5.63. The molecule has 0 bridgehead atoms. The molecule has 1 aliphatic rings. The van der Waals surface area contributed by atoms with Crippen LogP contribution in [0.4, 0.5) is 0 Å². The third-order valence-corrected chi connectivity index (χ3v) is 2.27. The summed E-state index contributed by atoms with van der Waals surface area (Å²) >= 11 is 0. The van der Waals surface area contributed by atoms with E-state index >= 15 is 0 Å². The van der Waals surface area contributed by atoms with Crippen molar-refractivity contribution in [2.24, 2.45) is 5.92 Å². The zero-order chi connectivity index (χ0) is 9.14. The summed E-state index contributed by atoms with van der Waals surface area (Å²) in [5, 5.41) is 9.26. The van der Waals surface area contributed by atoms with Crippen molar-refractivity contribution in [1.29, 1.82) is 0 Å². The maximum absolute atomic E-state index is 9.26. The van der Waals surface area contributed by atoms with E-state index in [1.165, 1.54) is 6.42 Å². The number of aliphatic hydroxyl groups is 1. The fraction of sp³-hybridized carbons (Fsp3) is 0.800. The molecule has 1 fully saturated rings. The molecule has 0 spiro atoms. The van der Waals surface area contributed by atoms with Crippen LogP contribution in [0, 0.1) is 5.92 Å². The second-order valence-electron chi connectivity index (χ2n) is 4.04. The van der Waals surface area contributed by atoms with Gasteiger partial charge < -0.3 is 5.11 Å². The molecule has 1 saturated heterocycles. The lowest BCUT2D eigenvalue weighted by Crippen LogP contribution is -2.18. The van der Waals surface area contributed by atoms with Crippen LogP contribution in [0.5, 0.6) is 0 Å². The van der Waals surface area contributed by atoms with Crippen LogP contribution >= 0.6 is 0 Å². The van der Waals surface area contributed by atoms with E-state index in [0.29, 0.717) is 0 Å². The molecular formula is C10H19NO. The number of hydrogen-bond acceptors (Lipinski definition) is 2. The average molecular weight is 169 g/mol. The molecule has 1 N–H and O–H groups in total. The fourth-order valence-corrected chi connectivity index (χ4v) is 1.53. The smallest absolute Gasteiger partial charge is 0.0845 e. The third-order valence-electron chi connectivity index (χ3n) is 2.27. The molecule has 2 heteroatoms. The van der Waals surface area contributed by atoms with Gasteiger partial charge in [0.25, 0.3) is 0 Å². The minimum absolute atomic E-state index is 0.345. The Balaban J connectivity index is 2.11. The van der Waals surface area contributed by atoms with Gasteiger partial charge in [-0.1, -0.05) is 19.9 Å². The summed E-state index contributed by atoms with van der Waals surface area (Å²) in [5.41, 5.74) is 0. The number of nitrogens with zero attached hydrogens (tertiary/aromatic N) is 1. The van der Waals surface area contributed by atoms with Crippen molar-refractivity contribution in [2.75, 3.05) is 13.1 Å². The molecule has 0 saturated carbocycles. The SMILES string of the molecule is C=CC(O)CN1CC1CC(C)C. The molecule has 0 amide bonds. The van der Waals surface area contributed by atoms with E-state index in [2.05, 4.69) is 25.3 Å². The summed E-state index contributed by atoms with van der Waals surface area (Å²) in [4.78, 5) is 2.30. The highest BCUT2D eigenvalue weighted by atomic mass is 16.3. The molecule has 1 rings (SSSR count). The highest BCUT2D eigenvalue weighted by molar-refractivity contribution is 4.93. The molecule has 2 nitrogen and oxygen atoms in total.